The Morgan fingerprint density at radius 3 is 2.39 bits per heavy atom. The lowest BCUT2D eigenvalue weighted by molar-refractivity contribution is -0.118. The maximum Gasteiger partial charge on any atom is 0.429 e. The van der Waals surface area contributed by atoms with E-state index < -0.39 is 6.09 Å². The van der Waals surface area contributed by atoms with Crippen LogP contribution in [0, 0.1) is 13.8 Å². The third kappa shape index (κ3) is 2.03. The molecule has 0 aromatic heterocycles. The van der Waals surface area contributed by atoms with E-state index in [1.54, 1.807) is 0 Å². The summed E-state index contributed by atoms with van der Waals surface area (Å²) in [6.07, 6.45) is -0.479. The second-order valence-corrected chi connectivity index (χ2v) is 4.31. The van der Waals surface area contributed by atoms with Gasteiger partial charge >= 0.3 is 6.09 Å². The Morgan fingerprint density at radius 1 is 1.33 bits per heavy atom. The van der Waals surface area contributed by atoms with E-state index in [1.165, 1.54) is 16.9 Å². The van der Waals surface area contributed by atoms with E-state index >= 15 is 0 Å². The number of benzene rings is 1. The topological polar surface area (TPSA) is 49.9 Å². The van der Waals surface area contributed by atoms with Gasteiger partial charge < -0.3 is 4.74 Å². The van der Waals surface area contributed by atoms with Gasteiger partial charge in [0.25, 0.3) is 0 Å². The largest absolute Gasteiger partial charge is 0.446 e. The quantitative estimate of drug-likeness (QED) is 0.804. The highest BCUT2D eigenvalue weighted by Crippen LogP contribution is 2.27. The number of hydrogen-bond donors (Lipinski definition) is 0. The van der Waals surface area contributed by atoms with Gasteiger partial charge in [0.2, 0.25) is 5.91 Å². The highest BCUT2D eigenvalue weighted by molar-refractivity contribution is 5.95. The number of nitrogens with zero attached hydrogens (tertiary/aromatic N) is 2. The number of hydrazine groups is 1. The van der Waals surface area contributed by atoms with Crippen LogP contribution in [0.25, 0.3) is 0 Å². The van der Waals surface area contributed by atoms with Crippen molar-refractivity contribution in [3.8, 4) is 0 Å². The first-order valence-electron chi connectivity index (χ1n) is 5.83. The van der Waals surface area contributed by atoms with Crippen molar-refractivity contribution in [2.45, 2.75) is 20.8 Å². The lowest BCUT2D eigenvalue weighted by Gasteiger charge is -2.30. The van der Waals surface area contributed by atoms with Gasteiger partial charge in [-0.15, -0.1) is 0 Å². The third-order valence-electron chi connectivity index (χ3n) is 2.93. The molecule has 1 aromatic carbocycles. The Hall–Kier alpha value is -2.04. The molecule has 1 aromatic rings. The molecule has 0 bridgehead atoms. The second kappa shape index (κ2) is 4.68. The van der Waals surface area contributed by atoms with E-state index in [-0.39, 0.29) is 5.91 Å². The standard InChI is InChI=1S/C13H16N2O3/c1-9-5-4-6-10(2)12(9)15(11(3)16)14-7-8-18-13(14)17/h4-6H,7-8H2,1-3H3. The van der Waals surface area contributed by atoms with Crippen LogP contribution >= 0.6 is 0 Å². The first-order valence-corrected chi connectivity index (χ1v) is 5.83. The minimum Gasteiger partial charge on any atom is -0.446 e. The van der Waals surface area contributed by atoms with Crippen molar-refractivity contribution in [2.24, 2.45) is 0 Å². The lowest BCUT2D eigenvalue weighted by Crippen LogP contribution is -2.47. The summed E-state index contributed by atoms with van der Waals surface area (Å²) in [5, 5.41) is 2.75. The predicted octanol–water partition coefficient (Wildman–Crippen LogP) is 2.02. The minimum absolute atomic E-state index is 0.203. The molecule has 0 saturated carbocycles. The first kappa shape index (κ1) is 12.4. The van der Waals surface area contributed by atoms with E-state index in [2.05, 4.69) is 0 Å². The molecule has 1 heterocycles. The molecule has 1 saturated heterocycles. The number of hydrogen-bond acceptors (Lipinski definition) is 3. The molecule has 5 nitrogen and oxygen atoms in total. The van der Waals surface area contributed by atoms with Crippen molar-refractivity contribution in [1.29, 1.82) is 0 Å². The SMILES string of the molecule is CC(=O)N(c1c(C)cccc1C)N1CCOC1=O. The summed E-state index contributed by atoms with van der Waals surface area (Å²) in [5.41, 5.74) is 2.65. The Balaban J connectivity index is 2.48. The van der Waals surface area contributed by atoms with Crippen LogP contribution in [0.3, 0.4) is 0 Å². The van der Waals surface area contributed by atoms with Gasteiger partial charge in [0.05, 0.1) is 12.2 Å². The lowest BCUT2D eigenvalue weighted by atomic mass is 10.1. The Labute approximate surface area is 106 Å². The predicted molar refractivity (Wildman–Crippen MR) is 67.1 cm³/mol. The molecule has 5 heteroatoms. The van der Waals surface area contributed by atoms with Gasteiger partial charge in [-0.3, -0.25) is 4.79 Å². The monoisotopic (exact) mass is 248 g/mol. The van der Waals surface area contributed by atoms with Crippen molar-refractivity contribution >= 4 is 17.7 Å². The van der Waals surface area contributed by atoms with Gasteiger partial charge in [0.15, 0.2) is 0 Å². The van der Waals surface area contributed by atoms with Crippen LogP contribution in [0.15, 0.2) is 18.2 Å². The van der Waals surface area contributed by atoms with E-state index in [0.29, 0.717) is 13.2 Å². The smallest absolute Gasteiger partial charge is 0.429 e. The summed E-state index contributed by atoms with van der Waals surface area (Å²) in [6, 6.07) is 5.76. The maximum atomic E-state index is 11.9. The fraction of sp³-hybridized carbons (Fsp3) is 0.385. The Morgan fingerprint density at radius 2 is 1.94 bits per heavy atom. The fourth-order valence-corrected chi connectivity index (χ4v) is 2.15. The number of carbonyl (C=O) groups is 2. The van der Waals surface area contributed by atoms with E-state index in [9.17, 15) is 9.59 Å². The molecule has 2 amide bonds. The first-order chi connectivity index (χ1) is 8.52. The second-order valence-electron chi connectivity index (χ2n) is 4.31. The molecule has 1 aliphatic rings. The Kier molecular flexibility index (Phi) is 3.23. The molecule has 0 spiro atoms. The molecule has 0 unspecified atom stereocenters. The molecular weight excluding hydrogens is 232 g/mol. The normalized spacial score (nSPS) is 14.6. The molecule has 0 aliphatic carbocycles. The summed E-state index contributed by atoms with van der Waals surface area (Å²) in [7, 11) is 0. The number of anilines is 1. The van der Waals surface area contributed by atoms with Gasteiger partial charge in [-0.2, -0.15) is 0 Å². The Bertz CT molecular complexity index is 479. The van der Waals surface area contributed by atoms with Crippen LogP contribution in [-0.4, -0.2) is 30.2 Å². The maximum absolute atomic E-state index is 11.9. The highest BCUT2D eigenvalue weighted by atomic mass is 16.6. The van der Waals surface area contributed by atoms with Gasteiger partial charge in [-0.05, 0) is 25.0 Å². The van der Waals surface area contributed by atoms with Gasteiger partial charge in [-0.25, -0.2) is 14.8 Å². The summed E-state index contributed by atoms with van der Waals surface area (Å²) in [4.78, 5) is 23.5. The molecule has 0 atom stereocenters. The van der Waals surface area contributed by atoms with Crippen LogP contribution in [0.4, 0.5) is 10.5 Å². The van der Waals surface area contributed by atoms with Crippen molar-refractivity contribution in [1.82, 2.24) is 5.01 Å². The van der Waals surface area contributed by atoms with Gasteiger partial charge in [-0.1, -0.05) is 18.2 Å². The fourth-order valence-electron chi connectivity index (χ4n) is 2.15. The molecule has 96 valence electrons. The molecule has 1 fully saturated rings. The number of carbonyl (C=O) groups excluding carboxylic acids is 2. The van der Waals surface area contributed by atoms with Crippen LogP contribution in [-0.2, 0) is 9.53 Å². The summed E-state index contributed by atoms with van der Waals surface area (Å²) in [5.74, 6) is -0.203. The molecule has 0 N–H and O–H groups in total. The van der Waals surface area contributed by atoms with Crippen molar-refractivity contribution < 1.29 is 14.3 Å². The number of para-hydroxylation sites is 1. The average Bonchev–Trinajstić information content (AvgIpc) is 2.69. The highest BCUT2D eigenvalue weighted by Gasteiger charge is 2.32. The third-order valence-corrected chi connectivity index (χ3v) is 2.93. The van der Waals surface area contributed by atoms with Crippen LogP contribution in [0.5, 0.6) is 0 Å². The van der Waals surface area contributed by atoms with Crippen LogP contribution in [0.1, 0.15) is 18.1 Å². The molecule has 0 radical (unpaired) electrons. The number of aryl methyl sites for hydroxylation is 2. The van der Waals surface area contributed by atoms with Crippen molar-refractivity contribution in [3.63, 3.8) is 0 Å². The molecule has 18 heavy (non-hydrogen) atoms. The number of rotatable bonds is 2. The number of ether oxygens (including phenoxy) is 1. The summed E-state index contributed by atoms with van der Waals surface area (Å²) in [6.45, 7) is 5.98. The summed E-state index contributed by atoms with van der Waals surface area (Å²) >= 11 is 0. The van der Waals surface area contributed by atoms with Gasteiger partial charge in [0, 0.05) is 6.92 Å². The zero-order valence-electron chi connectivity index (χ0n) is 10.8. The van der Waals surface area contributed by atoms with Crippen molar-refractivity contribution in [2.75, 3.05) is 18.2 Å². The molecule has 1 aliphatic heterocycles. The van der Waals surface area contributed by atoms with Crippen LogP contribution in [0.2, 0.25) is 0 Å². The molecular formula is C13H16N2O3. The van der Waals surface area contributed by atoms with Gasteiger partial charge in [0.1, 0.15) is 6.61 Å². The van der Waals surface area contributed by atoms with Crippen molar-refractivity contribution in [3.05, 3.63) is 29.3 Å². The van der Waals surface area contributed by atoms with E-state index in [4.69, 9.17) is 4.74 Å². The number of amides is 2. The minimum atomic E-state index is -0.479. The zero-order valence-corrected chi connectivity index (χ0v) is 10.8. The average molecular weight is 248 g/mol. The number of cyclic esters (lactones) is 1. The molecule has 2 rings (SSSR count). The van der Waals surface area contributed by atoms with E-state index in [1.807, 2.05) is 32.0 Å². The van der Waals surface area contributed by atoms with Crippen LogP contribution < -0.4 is 5.01 Å². The zero-order chi connectivity index (χ0) is 13.3. The summed E-state index contributed by atoms with van der Waals surface area (Å²) < 4.78 is 4.89. The van der Waals surface area contributed by atoms with E-state index in [0.717, 1.165) is 16.8 Å².